The maximum atomic E-state index is 12.4. The molecule has 0 fully saturated rings. The van der Waals surface area contributed by atoms with Crippen LogP contribution in [0.4, 0.5) is 8.78 Å². The van der Waals surface area contributed by atoms with Gasteiger partial charge in [0.05, 0.1) is 13.1 Å². The molecule has 0 aromatic heterocycles. The van der Waals surface area contributed by atoms with Crippen molar-refractivity contribution in [1.29, 1.82) is 0 Å². The SMILES string of the molecule is C#CCNC(=NCc1cc(Br)ccc1OC(F)F)NCC. The van der Waals surface area contributed by atoms with Crippen molar-refractivity contribution in [2.45, 2.75) is 20.1 Å². The van der Waals surface area contributed by atoms with Gasteiger partial charge in [0.2, 0.25) is 0 Å². The largest absolute Gasteiger partial charge is 0.434 e. The summed E-state index contributed by atoms with van der Waals surface area (Å²) in [5.41, 5.74) is 0.544. The summed E-state index contributed by atoms with van der Waals surface area (Å²) in [6.07, 6.45) is 5.17. The van der Waals surface area contributed by atoms with Gasteiger partial charge >= 0.3 is 6.61 Å². The molecule has 2 N–H and O–H groups in total. The van der Waals surface area contributed by atoms with Crippen molar-refractivity contribution in [3.8, 4) is 18.1 Å². The highest BCUT2D eigenvalue weighted by Crippen LogP contribution is 2.25. The number of rotatable bonds is 6. The highest BCUT2D eigenvalue weighted by atomic mass is 79.9. The Hall–Kier alpha value is -1.81. The zero-order valence-electron chi connectivity index (χ0n) is 11.5. The summed E-state index contributed by atoms with van der Waals surface area (Å²) in [4.78, 5) is 4.28. The smallest absolute Gasteiger partial charge is 0.387 e. The van der Waals surface area contributed by atoms with Gasteiger partial charge in [-0.15, -0.1) is 6.42 Å². The van der Waals surface area contributed by atoms with E-state index in [4.69, 9.17) is 6.42 Å². The molecule has 0 amide bonds. The van der Waals surface area contributed by atoms with E-state index in [-0.39, 0.29) is 12.3 Å². The first-order chi connectivity index (χ1) is 10.1. The van der Waals surface area contributed by atoms with Crippen LogP contribution in [0.15, 0.2) is 27.7 Å². The molecule has 1 aromatic carbocycles. The van der Waals surface area contributed by atoms with Gasteiger partial charge in [0, 0.05) is 16.6 Å². The number of alkyl halides is 2. The molecule has 4 nitrogen and oxygen atoms in total. The Morgan fingerprint density at radius 1 is 1.48 bits per heavy atom. The van der Waals surface area contributed by atoms with Crippen LogP contribution in [-0.4, -0.2) is 25.7 Å². The topological polar surface area (TPSA) is 45.7 Å². The predicted octanol–water partition coefficient (Wildman–Crippen LogP) is 2.74. The fourth-order valence-corrected chi connectivity index (χ4v) is 1.93. The molecule has 0 spiro atoms. The van der Waals surface area contributed by atoms with Crippen molar-refractivity contribution in [1.82, 2.24) is 10.6 Å². The van der Waals surface area contributed by atoms with Crippen LogP contribution in [0, 0.1) is 12.3 Å². The summed E-state index contributed by atoms with van der Waals surface area (Å²) < 4.78 is 30.0. The number of terminal acetylenes is 1. The quantitative estimate of drug-likeness (QED) is 0.466. The second-order valence-electron chi connectivity index (χ2n) is 3.88. The van der Waals surface area contributed by atoms with E-state index in [1.54, 1.807) is 12.1 Å². The van der Waals surface area contributed by atoms with Gasteiger partial charge in [0.25, 0.3) is 0 Å². The molecule has 0 aliphatic rings. The van der Waals surface area contributed by atoms with E-state index in [2.05, 4.69) is 42.2 Å². The van der Waals surface area contributed by atoms with Crippen molar-refractivity contribution >= 4 is 21.9 Å². The van der Waals surface area contributed by atoms with Gasteiger partial charge in [-0.3, -0.25) is 0 Å². The second kappa shape index (κ2) is 9.19. The average molecular weight is 360 g/mol. The number of guanidine groups is 1. The Morgan fingerprint density at radius 3 is 2.86 bits per heavy atom. The third-order valence-electron chi connectivity index (χ3n) is 2.35. The molecule has 0 aliphatic carbocycles. The zero-order chi connectivity index (χ0) is 15.7. The zero-order valence-corrected chi connectivity index (χ0v) is 13.1. The van der Waals surface area contributed by atoms with Crippen molar-refractivity contribution in [3.05, 3.63) is 28.2 Å². The van der Waals surface area contributed by atoms with Crippen LogP contribution in [0.3, 0.4) is 0 Å². The van der Waals surface area contributed by atoms with Crippen LogP contribution in [0.5, 0.6) is 5.75 Å². The molecule has 0 unspecified atom stereocenters. The summed E-state index contributed by atoms with van der Waals surface area (Å²) in [6, 6.07) is 4.79. The first kappa shape index (κ1) is 17.2. The number of benzene rings is 1. The molecule has 0 radical (unpaired) electrons. The van der Waals surface area contributed by atoms with Crippen LogP contribution in [-0.2, 0) is 6.54 Å². The lowest BCUT2D eigenvalue weighted by Crippen LogP contribution is -2.37. The Bertz CT molecular complexity index is 529. The summed E-state index contributed by atoms with van der Waals surface area (Å²) in [7, 11) is 0. The number of nitrogens with zero attached hydrogens (tertiary/aromatic N) is 1. The molecule has 0 saturated carbocycles. The summed E-state index contributed by atoms with van der Waals surface area (Å²) in [5.74, 6) is 3.05. The van der Waals surface area contributed by atoms with Crippen molar-refractivity contribution < 1.29 is 13.5 Å². The molecule has 114 valence electrons. The average Bonchev–Trinajstić information content (AvgIpc) is 2.44. The standard InChI is InChI=1S/C14H16BrF2N3O/c1-3-7-19-14(18-4-2)20-9-10-8-11(15)5-6-12(10)21-13(16)17/h1,5-6,8,13H,4,7,9H2,2H3,(H2,18,19,20). The molecule has 0 atom stereocenters. The summed E-state index contributed by atoms with van der Waals surface area (Å²) in [6.45, 7) is 0.209. The lowest BCUT2D eigenvalue weighted by atomic mass is 10.2. The van der Waals surface area contributed by atoms with E-state index in [9.17, 15) is 8.78 Å². The second-order valence-corrected chi connectivity index (χ2v) is 4.80. The molecule has 21 heavy (non-hydrogen) atoms. The lowest BCUT2D eigenvalue weighted by Gasteiger charge is -2.12. The van der Waals surface area contributed by atoms with E-state index in [0.29, 0.717) is 24.6 Å². The van der Waals surface area contributed by atoms with E-state index < -0.39 is 6.61 Å². The number of hydrogen-bond donors (Lipinski definition) is 2. The first-order valence-corrected chi connectivity index (χ1v) is 7.05. The highest BCUT2D eigenvalue weighted by molar-refractivity contribution is 9.10. The minimum atomic E-state index is -2.87. The number of aliphatic imine (C=N–C) groups is 1. The van der Waals surface area contributed by atoms with Gasteiger partial charge < -0.3 is 15.4 Å². The number of ether oxygens (including phenoxy) is 1. The predicted molar refractivity (Wildman–Crippen MR) is 82.4 cm³/mol. The van der Waals surface area contributed by atoms with Crippen molar-refractivity contribution in [3.63, 3.8) is 0 Å². The van der Waals surface area contributed by atoms with Gasteiger partial charge in [0.15, 0.2) is 5.96 Å². The Kier molecular flexibility index (Phi) is 7.54. The molecule has 1 aromatic rings. The molecular weight excluding hydrogens is 344 g/mol. The van der Waals surface area contributed by atoms with Gasteiger partial charge in [-0.1, -0.05) is 21.9 Å². The maximum absolute atomic E-state index is 12.4. The number of nitrogens with one attached hydrogen (secondary N) is 2. The van der Waals surface area contributed by atoms with Gasteiger partial charge in [-0.2, -0.15) is 8.78 Å². The van der Waals surface area contributed by atoms with Crippen molar-refractivity contribution in [2.75, 3.05) is 13.1 Å². The molecule has 0 bridgehead atoms. The molecule has 7 heteroatoms. The summed E-state index contributed by atoms with van der Waals surface area (Å²) in [5, 5.41) is 5.92. The third-order valence-corrected chi connectivity index (χ3v) is 2.84. The third kappa shape index (κ3) is 6.45. The molecule has 0 saturated heterocycles. The van der Waals surface area contributed by atoms with Crippen molar-refractivity contribution in [2.24, 2.45) is 4.99 Å². The fraction of sp³-hybridized carbons (Fsp3) is 0.357. The van der Waals surface area contributed by atoms with Crippen LogP contribution in [0.2, 0.25) is 0 Å². The minimum absolute atomic E-state index is 0.102. The van der Waals surface area contributed by atoms with Crippen LogP contribution >= 0.6 is 15.9 Å². The number of hydrogen-bond acceptors (Lipinski definition) is 2. The lowest BCUT2D eigenvalue weighted by molar-refractivity contribution is -0.0504. The van der Waals surface area contributed by atoms with E-state index in [0.717, 1.165) is 4.47 Å². The highest BCUT2D eigenvalue weighted by Gasteiger charge is 2.10. The monoisotopic (exact) mass is 359 g/mol. The first-order valence-electron chi connectivity index (χ1n) is 6.25. The number of halogens is 3. The van der Waals surface area contributed by atoms with Crippen LogP contribution in [0.1, 0.15) is 12.5 Å². The van der Waals surface area contributed by atoms with Crippen LogP contribution < -0.4 is 15.4 Å². The molecule has 0 heterocycles. The van der Waals surface area contributed by atoms with Crippen LogP contribution in [0.25, 0.3) is 0 Å². The Balaban J connectivity index is 2.88. The van der Waals surface area contributed by atoms with Gasteiger partial charge in [0.1, 0.15) is 5.75 Å². The molecular formula is C14H16BrF2N3O. The molecule has 0 aliphatic heterocycles. The normalized spacial score (nSPS) is 11.1. The van der Waals surface area contributed by atoms with E-state index in [1.807, 2.05) is 6.92 Å². The molecule has 1 rings (SSSR count). The Labute approximate surface area is 131 Å². The fourth-order valence-electron chi connectivity index (χ4n) is 1.52. The van der Waals surface area contributed by atoms with Gasteiger partial charge in [-0.25, -0.2) is 4.99 Å². The Morgan fingerprint density at radius 2 is 2.24 bits per heavy atom. The van der Waals surface area contributed by atoms with E-state index in [1.165, 1.54) is 6.07 Å². The maximum Gasteiger partial charge on any atom is 0.387 e. The summed E-state index contributed by atoms with van der Waals surface area (Å²) >= 11 is 3.29. The van der Waals surface area contributed by atoms with E-state index >= 15 is 0 Å². The van der Waals surface area contributed by atoms with Gasteiger partial charge in [-0.05, 0) is 25.1 Å². The minimum Gasteiger partial charge on any atom is -0.434 e.